The van der Waals surface area contributed by atoms with Crippen LogP contribution in [0.2, 0.25) is 0 Å². The van der Waals surface area contributed by atoms with E-state index < -0.39 is 0 Å². The third kappa shape index (κ3) is 3.16. The van der Waals surface area contributed by atoms with Gasteiger partial charge in [0, 0.05) is 5.41 Å². The number of hydrogen-bond donors (Lipinski definition) is 0. The number of hydrogen-bond acceptors (Lipinski definition) is 3. The second-order valence-electron chi connectivity index (χ2n) is 11.8. The molecule has 0 saturated heterocycles. The topological polar surface area (TPSA) is 21.7 Å². The summed E-state index contributed by atoms with van der Waals surface area (Å²) in [4.78, 5) is 2.25. The normalized spacial score (nSPS) is 14.5. The second-order valence-corrected chi connectivity index (χ2v) is 11.8. The van der Waals surface area contributed by atoms with E-state index in [2.05, 4.69) is 110 Å². The van der Waals surface area contributed by atoms with E-state index in [1.54, 1.807) is 0 Å². The maximum atomic E-state index is 6.48. The van der Waals surface area contributed by atoms with Crippen molar-refractivity contribution < 1.29 is 9.47 Å². The van der Waals surface area contributed by atoms with Gasteiger partial charge in [-0.05, 0) is 80.9 Å². The summed E-state index contributed by atoms with van der Waals surface area (Å²) in [6.45, 7) is 4.66. The summed E-state index contributed by atoms with van der Waals surface area (Å²) in [5.41, 5.74) is 13.1. The number of fused-ring (bicyclic) bond motifs is 7. The molecule has 3 aliphatic rings. The van der Waals surface area contributed by atoms with Crippen LogP contribution < -0.4 is 14.4 Å². The molecule has 1 aliphatic carbocycles. The Bertz CT molecular complexity index is 2000. The Balaban J connectivity index is 1.15. The first-order valence-corrected chi connectivity index (χ1v) is 14.4. The molecule has 6 aromatic carbocycles. The monoisotopic (exact) mass is 541 g/mol. The standard InChI is InChI=1S/C39H27NO2/c1-39(2)29-12-4-3-10-28(29)37-27(11-9-13-30(37)39)25-20-18-24(19-21-25)26-22-35-38-36(23-26)42-34-17-8-6-15-32(34)40(38)31-14-5-7-16-33(31)41-35/h3-23H,1-2H3. The maximum Gasteiger partial charge on any atom is 0.156 e. The van der Waals surface area contributed by atoms with Gasteiger partial charge in [-0.15, -0.1) is 0 Å². The van der Waals surface area contributed by atoms with Crippen molar-refractivity contribution in [1.82, 2.24) is 0 Å². The minimum atomic E-state index is -0.0164. The zero-order chi connectivity index (χ0) is 28.0. The lowest BCUT2D eigenvalue weighted by Crippen LogP contribution is -2.20. The van der Waals surface area contributed by atoms with E-state index in [1.165, 1.54) is 33.4 Å². The first kappa shape index (κ1) is 23.4. The van der Waals surface area contributed by atoms with Crippen molar-refractivity contribution in [3.05, 3.63) is 139 Å². The molecule has 0 spiro atoms. The molecule has 2 heterocycles. The Morgan fingerprint density at radius 1 is 0.476 bits per heavy atom. The summed E-state index contributed by atoms with van der Waals surface area (Å²) in [5, 5.41) is 0. The second kappa shape index (κ2) is 8.37. The van der Waals surface area contributed by atoms with Crippen LogP contribution in [-0.4, -0.2) is 0 Å². The van der Waals surface area contributed by atoms with Crippen molar-refractivity contribution in [2.24, 2.45) is 0 Å². The van der Waals surface area contributed by atoms with E-state index in [-0.39, 0.29) is 5.41 Å². The minimum Gasteiger partial charge on any atom is -0.453 e. The maximum absolute atomic E-state index is 6.48. The summed E-state index contributed by atoms with van der Waals surface area (Å²) in [5.74, 6) is 3.25. The number of ether oxygens (including phenoxy) is 2. The highest BCUT2D eigenvalue weighted by Crippen LogP contribution is 2.60. The van der Waals surface area contributed by atoms with Gasteiger partial charge in [-0.1, -0.05) is 105 Å². The molecular weight excluding hydrogens is 514 g/mol. The highest BCUT2D eigenvalue weighted by Gasteiger charge is 2.37. The van der Waals surface area contributed by atoms with Crippen molar-refractivity contribution in [3.8, 4) is 56.4 Å². The molecule has 0 N–H and O–H groups in total. The number of para-hydroxylation sites is 4. The van der Waals surface area contributed by atoms with E-state index >= 15 is 0 Å². The predicted molar refractivity (Wildman–Crippen MR) is 170 cm³/mol. The van der Waals surface area contributed by atoms with Gasteiger partial charge in [0.05, 0.1) is 11.4 Å². The molecule has 3 heteroatoms. The van der Waals surface area contributed by atoms with Crippen molar-refractivity contribution in [3.63, 3.8) is 0 Å². The van der Waals surface area contributed by atoms with E-state index in [0.29, 0.717) is 0 Å². The third-order valence-corrected chi connectivity index (χ3v) is 9.05. The number of nitrogens with zero attached hydrogens (tertiary/aromatic N) is 1. The molecule has 2 aliphatic heterocycles. The molecule has 42 heavy (non-hydrogen) atoms. The number of anilines is 3. The molecule has 200 valence electrons. The van der Waals surface area contributed by atoms with Crippen molar-refractivity contribution in [2.75, 3.05) is 4.90 Å². The van der Waals surface area contributed by atoms with Gasteiger partial charge in [0.15, 0.2) is 23.0 Å². The number of benzene rings is 6. The van der Waals surface area contributed by atoms with Crippen molar-refractivity contribution >= 4 is 17.1 Å². The quantitative estimate of drug-likeness (QED) is 0.217. The fourth-order valence-corrected chi connectivity index (χ4v) is 7.03. The lowest BCUT2D eigenvalue weighted by Gasteiger charge is -2.38. The van der Waals surface area contributed by atoms with Crippen LogP contribution in [0.15, 0.2) is 127 Å². The first-order chi connectivity index (χ1) is 20.6. The Kier molecular flexibility index (Phi) is 4.67. The fourth-order valence-electron chi connectivity index (χ4n) is 7.03. The van der Waals surface area contributed by atoms with E-state index in [1.807, 2.05) is 36.4 Å². The van der Waals surface area contributed by atoms with Crippen molar-refractivity contribution in [1.29, 1.82) is 0 Å². The first-order valence-electron chi connectivity index (χ1n) is 14.4. The fraction of sp³-hybridized carbons (Fsp3) is 0.0769. The van der Waals surface area contributed by atoms with Crippen LogP contribution in [-0.2, 0) is 5.41 Å². The molecule has 9 rings (SSSR count). The average molecular weight is 542 g/mol. The van der Waals surface area contributed by atoms with Gasteiger partial charge in [-0.3, -0.25) is 4.90 Å². The highest BCUT2D eigenvalue weighted by atomic mass is 16.5. The smallest absolute Gasteiger partial charge is 0.156 e. The summed E-state index contributed by atoms with van der Waals surface area (Å²) in [7, 11) is 0. The Hall–Kier alpha value is -5.28. The van der Waals surface area contributed by atoms with E-state index in [9.17, 15) is 0 Å². The minimum absolute atomic E-state index is 0.0164. The van der Waals surface area contributed by atoms with Gasteiger partial charge < -0.3 is 9.47 Å². The summed E-state index contributed by atoms with van der Waals surface area (Å²) in [6, 6.07) is 45.1. The SMILES string of the molecule is CC1(C)c2ccccc2-c2c(-c3ccc(-c4cc5c6c(c4)Oc4ccccc4N6c4ccccc4O5)cc3)cccc21. The van der Waals surface area contributed by atoms with E-state index in [0.717, 1.165) is 51.2 Å². The Morgan fingerprint density at radius 2 is 1.02 bits per heavy atom. The number of rotatable bonds is 2. The summed E-state index contributed by atoms with van der Waals surface area (Å²) >= 11 is 0. The summed E-state index contributed by atoms with van der Waals surface area (Å²) < 4.78 is 13.0. The molecule has 0 fully saturated rings. The molecule has 0 saturated carbocycles. The average Bonchev–Trinajstić information content (AvgIpc) is 3.27. The van der Waals surface area contributed by atoms with Crippen LogP contribution in [0.4, 0.5) is 17.1 Å². The van der Waals surface area contributed by atoms with Gasteiger partial charge in [-0.2, -0.15) is 0 Å². The van der Waals surface area contributed by atoms with Crippen LogP contribution >= 0.6 is 0 Å². The van der Waals surface area contributed by atoms with Crippen LogP contribution in [0.5, 0.6) is 23.0 Å². The van der Waals surface area contributed by atoms with E-state index in [4.69, 9.17) is 9.47 Å². The van der Waals surface area contributed by atoms with Crippen LogP contribution in [0.3, 0.4) is 0 Å². The lowest BCUT2D eigenvalue weighted by atomic mass is 9.82. The molecule has 0 aromatic heterocycles. The molecule has 0 amide bonds. The largest absolute Gasteiger partial charge is 0.453 e. The van der Waals surface area contributed by atoms with Crippen LogP contribution in [0.25, 0.3) is 33.4 Å². The molecule has 0 atom stereocenters. The molecule has 0 radical (unpaired) electrons. The van der Waals surface area contributed by atoms with Gasteiger partial charge in [0.2, 0.25) is 0 Å². The predicted octanol–water partition coefficient (Wildman–Crippen LogP) is 11.0. The van der Waals surface area contributed by atoms with Gasteiger partial charge in [0.25, 0.3) is 0 Å². The molecular formula is C39H27NO2. The molecule has 3 nitrogen and oxygen atoms in total. The third-order valence-electron chi connectivity index (χ3n) is 9.05. The Labute approximate surface area is 245 Å². The van der Waals surface area contributed by atoms with Gasteiger partial charge >= 0.3 is 0 Å². The van der Waals surface area contributed by atoms with Gasteiger partial charge in [-0.25, -0.2) is 0 Å². The zero-order valence-electron chi connectivity index (χ0n) is 23.4. The molecule has 0 unspecified atom stereocenters. The van der Waals surface area contributed by atoms with Crippen molar-refractivity contribution in [2.45, 2.75) is 19.3 Å². The Morgan fingerprint density at radius 3 is 1.71 bits per heavy atom. The zero-order valence-corrected chi connectivity index (χ0v) is 23.4. The van der Waals surface area contributed by atoms with Gasteiger partial charge in [0.1, 0.15) is 5.69 Å². The summed E-state index contributed by atoms with van der Waals surface area (Å²) in [6.07, 6.45) is 0. The highest BCUT2D eigenvalue weighted by molar-refractivity contribution is 5.96. The molecule has 0 bridgehead atoms. The van der Waals surface area contributed by atoms with Crippen LogP contribution in [0.1, 0.15) is 25.0 Å². The van der Waals surface area contributed by atoms with Crippen LogP contribution in [0, 0.1) is 0 Å². The molecule has 6 aromatic rings. The lowest BCUT2D eigenvalue weighted by molar-refractivity contribution is 0.446.